The summed E-state index contributed by atoms with van der Waals surface area (Å²) in [6.45, 7) is 8.96. The molecule has 9 heteroatoms. The normalized spacial score (nSPS) is 16.5. The van der Waals surface area contributed by atoms with Gasteiger partial charge in [0.05, 0.1) is 22.5 Å². The number of hydrogen-bond acceptors (Lipinski definition) is 5. The summed E-state index contributed by atoms with van der Waals surface area (Å²) in [5.41, 5.74) is -1.82. The first-order valence-corrected chi connectivity index (χ1v) is 11.3. The van der Waals surface area contributed by atoms with Crippen molar-refractivity contribution in [2.75, 3.05) is 17.3 Å². The number of aliphatic hydroxyl groups is 1. The first kappa shape index (κ1) is 24.9. The maximum Gasteiger partial charge on any atom is 0.303 e. The number of hydrogen-bond donors (Lipinski definition) is 2. The number of fused-ring (bicyclic) bond motifs is 2. The van der Waals surface area contributed by atoms with Crippen molar-refractivity contribution in [2.24, 2.45) is 0 Å². The molecule has 3 aromatic rings. The van der Waals surface area contributed by atoms with Crippen LogP contribution in [0.1, 0.15) is 63.2 Å². The lowest BCUT2D eigenvalue weighted by molar-refractivity contribution is -0.170. The van der Waals surface area contributed by atoms with E-state index in [-0.39, 0.29) is 11.5 Å². The Balaban J connectivity index is 1.79. The maximum absolute atomic E-state index is 15.3. The standard InChI is InChI=1S/C26H29F3N4O2/c1-13(15-9-8-10-17(21(15)27)26(28,29)25(5,6)35)30-22-16-11-20-18(12-19(16)31-14(2)32-22)24(3,4)23(34)33(20)7/h8-13,35H,1-7H3,(H,30,31,32). The predicted octanol–water partition coefficient (Wildman–Crippen LogP) is 5.37. The van der Waals surface area contributed by atoms with Crippen molar-refractivity contribution < 1.29 is 23.1 Å². The summed E-state index contributed by atoms with van der Waals surface area (Å²) in [4.78, 5) is 23.3. The molecule has 1 atom stereocenters. The Morgan fingerprint density at radius 2 is 1.83 bits per heavy atom. The van der Waals surface area contributed by atoms with E-state index in [1.807, 2.05) is 26.0 Å². The van der Waals surface area contributed by atoms with Crippen LogP contribution in [0, 0.1) is 12.7 Å². The third kappa shape index (κ3) is 3.82. The van der Waals surface area contributed by atoms with Gasteiger partial charge in [-0.25, -0.2) is 14.4 Å². The number of carbonyl (C=O) groups is 1. The summed E-state index contributed by atoms with van der Waals surface area (Å²) in [7, 11) is 1.70. The van der Waals surface area contributed by atoms with E-state index in [4.69, 9.17) is 0 Å². The molecule has 0 saturated heterocycles. The minimum atomic E-state index is -3.80. The van der Waals surface area contributed by atoms with Crippen LogP contribution in [0.2, 0.25) is 0 Å². The SMILES string of the molecule is Cc1nc(NC(C)c2cccc(C(F)(F)C(C)(C)O)c2F)c2cc3c(cc2n1)C(C)(C)C(=O)N3C. The van der Waals surface area contributed by atoms with Gasteiger partial charge < -0.3 is 15.3 Å². The molecule has 1 amide bonds. The first-order chi connectivity index (χ1) is 16.1. The summed E-state index contributed by atoms with van der Waals surface area (Å²) in [6, 6.07) is 6.67. The number of nitrogens with one attached hydrogen (secondary N) is 1. The van der Waals surface area contributed by atoms with Crippen molar-refractivity contribution in [2.45, 2.75) is 64.5 Å². The van der Waals surface area contributed by atoms with E-state index in [1.54, 1.807) is 25.8 Å². The number of halogens is 3. The molecule has 2 heterocycles. The Bertz CT molecular complexity index is 1350. The third-order valence-corrected chi connectivity index (χ3v) is 6.75. The number of alkyl halides is 2. The quantitative estimate of drug-likeness (QED) is 0.507. The van der Waals surface area contributed by atoms with Crippen LogP contribution >= 0.6 is 0 Å². The molecule has 6 nitrogen and oxygen atoms in total. The van der Waals surface area contributed by atoms with Gasteiger partial charge in [0.2, 0.25) is 5.91 Å². The third-order valence-electron chi connectivity index (χ3n) is 6.75. The minimum absolute atomic E-state index is 0.00503. The van der Waals surface area contributed by atoms with Gasteiger partial charge in [0.1, 0.15) is 23.1 Å². The fourth-order valence-electron chi connectivity index (χ4n) is 4.55. The van der Waals surface area contributed by atoms with E-state index in [0.717, 1.165) is 31.2 Å². The topological polar surface area (TPSA) is 78.4 Å². The van der Waals surface area contributed by atoms with Gasteiger partial charge in [-0.05, 0) is 65.3 Å². The molecule has 4 rings (SSSR count). The molecule has 2 aromatic carbocycles. The van der Waals surface area contributed by atoms with Gasteiger partial charge >= 0.3 is 5.92 Å². The molecule has 186 valence electrons. The Labute approximate surface area is 202 Å². The molecule has 0 radical (unpaired) electrons. The zero-order chi connectivity index (χ0) is 26.1. The van der Waals surface area contributed by atoms with Crippen LogP contribution in [0.25, 0.3) is 10.9 Å². The van der Waals surface area contributed by atoms with E-state index in [1.165, 1.54) is 12.1 Å². The molecule has 0 bridgehead atoms. The highest BCUT2D eigenvalue weighted by atomic mass is 19.3. The second-order valence-electron chi connectivity index (χ2n) is 10.2. The Hall–Kier alpha value is -3.20. The Morgan fingerprint density at radius 3 is 2.46 bits per heavy atom. The van der Waals surface area contributed by atoms with E-state index in [2.05, 4.69) is 15.3 Å². The molecule has 0 fully saturated rings. The fourth-order valence-corrected chi connectivity index (χ4v) is 4.55. The fraction of sp³-hybridized carbons (Fsp3) is 0.423. The molecule has 2 N–H and O–H groups in total. The summed E-state index contributed by atoms with van der Waals surface area (Å²) >= 11 is 0. The number of anilines is 2. The van der Waals surface area contributed by atoms with Crippen molar-refractivity contribution in [3.63, 3.8) is 0 Å². The number of likely N-dealkylation sites (N-methyl/N-ethyl adjacent to an activating group) is 1. The van der Waals surface area contributed by atoms with Crippen LogP contribution in [0.15, 0.2) is 30.3 Å². The molecule has 35 heavy (non-hydrogen) atoms. The van der Waals surface area contributed by atoms with Crippen LogP contribution in [-0.4, -0.2) is 33.6 Å². The lowest BCUT2D eigenvalue weighted by Crippen LogP contribution is -2.41. The van der Waals surface area contributed by atoms with Crippen molar-refractivity contribution in [1.82, 2.24) is 9.97 Å². The molecule has 0 spiro atoms. The van der Waals surface area contributed by atoms with Crippen LogP contribution in [0.4, 0.5) is 24.7 Å². The second-order valence-corrected chi connectivity index (χ2v) is 10.2. The number of rotatable bonds is 5. The smallest absolute Gasteiger partial charge is 0.303 e. The van der Waals surface area contributed by atoms with Gasteiger partial charge in [0.25, 0.3) is 0 Å². The van der Waals surface area contributed by atoms with Gasteiger partial charge in [-0.1, -0.05) is 12.1 Å². The van der Waals surface area contributed by atoms with E-state index in [9.17, 15) is 18.7 Å². The van der Waals surface area contributed by atoms with Gasteiger partial charge in [-0.15, -0.1) is 0 Å². The molecular formula is C26H29F3N4O2. The van der Waals surface area contributed by atoms with Crippen LogP contribution in [-0.2, 0) is 16.1 Å². The highest BCUT2D eigenvalue weighted by Gasteiger charge is 2.49. The van der Waals surface area contributed by atoms with Crippen molar-refractivity contribution in [1.29, 1.82) is 0 Å². The zero-order valence-electron chi connectivity index (χ0n) is 20.8. The van der Waals surface area contributed by atoms with Crippen molar-refractivity contribution in [3.8, 4) is 0 Å². The lowest BCUT2D eigenvalue weighted by Gasteiger charge is -2.30. The largest absolute Gasteiger partial charge is 0.384 e. The number of aryl methyl sites for hydroxylation is 1. The molecule has 1 aromatic heterocycles. The monoisotopic (exact) mass is 486 g/mol. The number of nitrogens with zero attached hydrogens (tertiary/aromatic N) is 3. The number of carbonyl (C=O) groups excluding carboxylic acids is 1. The number of amides is 1. The van der Waals surface area contributed by atoms with Gasteiger partial charge in [-0.2, -0.15) is 8.78 Å². The van der Waals surface area contributed by atoms with Crippen molar-refractivity contribution in [3.05, 3.63) is 58.7 Å². The van der Waals surface area contributed by atoms with Crippen molar-refractivity contribution >= 4 is 28.3 Å². The highest BCUT2D eigenvalue weighted by molar-refractivity contribution is 6.10. The Morgan fingerprint density at radius 1 is 1.17 bits per heavy atom. The van der Waals surface area contributed by atoms with E-state index < -0.39 is 34.4 Å². The molecule has 1 aliphatic rings. The van der Waals surface area contributed by atoms with Gasteiger partial charge in [-0.3, -0.25) is 4.79 Å². The molecule has 0 aliphatic carbocycles. The molecular weight excluding hydrogens is 457 g/mol. The Kier molecular flexibility index (Phi) is 5.63. The number of benzene rings is 2. The molecule has 1 aliphatic heterocycles. The van der Waals surface area contributed by atoms with Crippen LogP contribution < -0.4 is 10.2 Å². The van der Waals surface area contributed by atoms with E-state index in [0.29, 0.717) is 22.5 Å². The summed E-state index contributed by atoms with van der Waals surface area (Å²) in [5, 5.41) is 13.7. The zero-order valence-corrected chi connectivity index (χ0v) is 20.8. The van der Waals surface area contributed by atoms with E-state index >= 15 is 4.39 Å². The minimum Gasteiger partial charge on any atom is -0.384 e. The number of aromatic nitrogens is 2. The molecule has 0 saturated carbocycles. The summed E-state index contributed by atoms with van der Waals surface area (Å²) < 4.78 is 44.8. The summed E-state index contributed by atoms with van der Waals surface area (Å²) in [5.74, 6) is -4.07. The average Bonchev–Trinajstić information content (AvgIpc) is 2.91. The van der Waals surface area contributed by atoms with Crippen LogP contribution in [0.5, 0.6) is 0 Å². The lowest BCUT2D eigenvalue weighted by atomic mass is 9.85. The van der Waals surface area contributed by atoms with Gasteiger partial charge in [0.15, 0.2) is 0 Å². The average molecular weight is 487 g/mol. The molecule has 1 unspecified atom stereocenters. The second kappa shape index (κ2) is 7.91. The predicted molar refractivity (Wildman–Crippen MR) is 129 cm³/mol. The van der Waals surface area contributed by atoms with Gasteiger partial charge in [0, 0.05) is 23.7 Å². The summed E-state index contributed by atoms with van der Waals surface area (Å²) in [6.07, 6.45) is 0. The highest BCUT2D eigenvalue weighted by Crippen LogP contribution is 2.44. The maximum atomic E-state index is 15.3. The van der Waals surface area contributed by atoms with Crippen LogP contribution in [0.3, 0.4) is 0 Å². The first-order valence-electron chi connectivity index (χ1n) is 11.3.